The van der Waals surface area contributed by atoms with Crippen LogP contribution in [0.15, 0.2) is 18.2 Å². The van der Waals surface area contributed by atoms with E-state index in [1.54, 1.807) is 12.1 Å². The van der Waals surface area contributed by atoms with Crippen LogP contribution < -0.4 is 5.73 Å². The summed E-state index contributed by atoms with van der Waals surface area (Å²) in [4.78, 5) is 3.81. The SMILES string of the molecule is CC1CCC(n2c(C(F)(F)F)nc3cc(N)ccc32)C1C. The fourth-order valence-electron chi connectivity index (χ4n) is 3.35. The van der Waals surface area contributed by atoms with Crippen LogP contribution in [0.1, 0.15) is 38.6 Å². The summed E-state index contributed by atoms with van der Waals surface area (Å²) in [5, 5.41) is 0. The quantitative estimate of drug-likeness (QED) is 0.800. The number of halogens is 3. The zero-order chi connectivity index (χ0) is 15.4. The molecule has 1 aliphatic rings. The van der Waals surface area contributed by atoms with Gasteiger partial charge in [-0.2, -0.15) is 13.2 Å². The molecule has 3 rings (SSSR count). The second-order valence-corrected chi connectivity index (χ2v) is 6.03. The van der Waals surface area contributed by atoms with Crippen LogP contribution >= 0.6 is 0 Å². The average Bonchev–Trinajstić information content (AvgIpc) is 2.91. The summed E-state index contributed by atoms with van der Waals surface area (Å²) in [7, 11) is 0. The predicted molar refractivity (Wildman–Crippen MR) is 75.7 cm³/mol. The molecule has 1 heterocycles. The molecule has 6 heteroatoms. The third kappa shape index (κ3) is 2.26. The van der Waals surface area contributed by atoms with Gasteiger partial charge in [0.1, 0.15) is 0 Å². The van der Waals surface area contributed by atoms with Crippen molar-refractivity contribution in [1.29, 1.82) is 0 Å². The molecule has 1 aromatic heterocycles. The molecule has 3 unspecified atom stereocenters. The van der Waals surface area contributed by atoms with Gasteiger partial charge >= 0.3 is 6.18 Å². The Hall–Kier alpha value is -1.72. The lowest BCUT2D eigenvalue weighted by Crippen LogP contribution is -2.22. The van der Waals surface area contributed by atoms with Crippen LogP contribution in [0.25, 0.3) is 11.0 Å². The summed E-state index contributed by atoms with van der Waals surface area (Å²) >= 11 is 0. The number of benzene rings is 1. The summed E-state index contributed by atoms with van der Waals surface area (Å²) in [5.74, 6) is -0.197. The molecule has 0 radical (unpaired) electrons. The van der Waals surface area contributed by atoms with Crippen molar-refractivity contribution in [2.75, 3.05) is 5.73 Å². The summed E-state index contributed by atoms with van der Waals surface area (Å²) in [6.07, 6.45) is -2.77. The summed E-state index contributed by atoms with van der Waals surface area (Å²) in [6.45, 7) is 4.11. The molecule has 1 saturated carbocycles. The number of rotatable bonds is 1. The highest BCUT2D eigenvalue weighted by atomic mass is 19.4. The highest BCUT2D eigenvalue weighted by Gasteiger charge is 2.42. The van der Waals surface area contributed by atoms with Crippen LogP contribution in [0.4, 0.5) is 18.9 Å². The zero-order valence-electron chi connectivity index (χ0n) is 12.0. The molecule has 114 valence electrons. The number of nitrogens with zero attached hydrogens (tertiary/aromatic N) is 2. The van der Waals surface area contributed by atoms with Gasteiger partial charge in [0.05, 0.1) is 11.0 Å². The van der Waals surface area contributed by atoms with E-state index in [2.05, 4.69) is 11.9 Å². The van der Waals surface area contributed by atoms with Crippen molar-refractivity contribution in [3.8, 4) is 0 Å². The Morgan fingerprint density at radius 1 is 1.24 bits per heavy atom. The van der Waals surface area contributed by atoms with Crippen LogP contribution in [0, 0.1) is 11.8 Å². The minimum atomic E-state index is -4.46. The molecule has 21 heavy (non-hydrogen) atoms. The number of aromatic nitrogens is 2. The highest BCUT2D eigenvalue weighted by molar-refractivity contribution is 5.80. The molecule has 0 amide bonds. The van der Waals surface area contributed by atoms with Crippen LogP contribution in [0.2, 0.25) is 0 Å². The Morgan fingerprint density at radius 3 is 2.52 bits per heavy atom. The standard InChI is InChI=1S/C15H18F3N3/c1-8-3-5-12(9(8)2)21-13-6-4-10(19)7-11(13)20-14(21)15(16,17)18/h4,6-9,12H,3,5,19H2,1-2H3. The molecule has 1 aliphatic carbocycles. The first-order chi connectivity index (χ1) is 9.79. The van der Waals surface area contributed by atoms with Gasteiger partial charge in [-0.3, -0.25) is 0 Å². The van der Waals surface area contributed by atoms with E-state index in [0.717, 1.165) is 12.8 Å². The number of imidazole rings is 1. The Kier molecular flexibility index (Phi) is 3.15. The molecular weight excluding hydrogens is 279 g/mol. The Balaban J connectivity index is 2.23. The molecule has 3 atom stereocenters. The molecule has 1 aromatic carbocycles. The van der Waals surface area contributed by atoms with Crippen molar-refractivity contribution >= 4 is 16.7 Å². The molecule has 0 aliphatic heterocycles. The van der Waals surface area contributed by atoms with Crippen molar-refractivity contribution in [3.63, 3.8) is 0 Å². The fourth-order valence-corrected chi connectivity index (χ4v) is 3.35. The highest BCUT2D eigenvalue weighted by Crippen LogP contribution is 2.44. The van der Waals surface area contributed by atoms with Crippen LogP contribution in [-0.4, -0.2) is 9.55 Å². The van der Waals surface area contributed by atoms with E-state index in [0.29, 0.717) is 22.6 Å². The lowest BCUT2D eigenvalue weighted by molar-refractivity contribution is -0.147. The van der Waals surface area contributed by atoms with E-state index >= 15 is 0 Å². The van der Waals surface area contributed by atoms with Gasteiger partial charge in [-0.05, 0) is 42.9 Å². The van der Waals surface area contributed by atoms with E-state index in [1.165, 1.54) is 10.6 Å². The Labute approximate surface area is 121 Å². The fraction of sp³-hybridized carbons (Fsp3) is 0.533. The van der Waals surface area contributed by atoms with E-state index in [-0.39, 0.29) is 12.0 Å². The molecule has 0 bridgehead atoms. The van der Waals surface area contributed by atoms with Crippen molar-refractivity contribution < 1.29 is 13.2 Å². The monoisotopic (exact) mass is 297 g/mol. The van der Waals surface area contributed by atoms with Crippen LogP contribution in [0.3, 0.4) is 0 Å². The second-order valence-electron chi connectivity index (χ2n) is 6.03. The normalized spacial score (nSPS) is 26.6. The maximum atomic E-state index is 13.4. The zero-order valence-corrected chi connectivity index (χ0v) is 12.0. The first-order valence-corrected chi connectivity index (χ1v) is 7.13. The van der Waals surface area contributed by atoms with E-state index in [1.807, 2.05) is 6.92 Å². The summed E-state index contributed by atoms with van der Waals surface area (Å²) < 4.78 is 41.4. The number of hydrogen-bond donors (Lipinski definition) is 1. The molecule has 2 aromatic rings. The van der Waals surface area contributed by atoms with Gasteiger partial charge in [0, 0.05) is 11.7 Å². The van der Waals surface area contributed by atoms with Gasteiger partial charge < -0.3 is 10.3 Å². The topological polar surface area (TPSA) is 43.8 Å². The second kappa shape index (κ2) is 4.64. The van der Waals surface area contributed by atoms with Gasteiger partial charge in [0.2, 0.25) is 5.82 Å². The van der Waals surface area contributed by atoms with E-state index in [4.69, 9.17) is 5.73 Å². The van der Waals surface area contributed by atoms with Gasteiger partial charge in [0.15, 0.2) is 0 Å². The van der Waals surface area contributed by atoms with Gasteiger partial charge in [-0.1, -0.05) is 13.8 Å². The van der Waals surface area contributed by atoms with E-state index < -0.39 is 12.0 Å². The van der Waals surface area contributed by atoms with Crippen LogP contribution in [0.5, 0.6) is 0 Å². The molecular formula is C15H18F3N3. The molecule has 3 nitrogen and oxygen atoms in total. The first-order valence-electron chi connectivity index (χ1n) is 7.13. The molecule has 0 spiro atoms. The van der Waals surface area contributed by atoms with Gasteiger partial charge in [0.25, 0.3) is 0 Å². The smallest absolute Gasteiger partial charge is 0.399 e. The predicted octanol–water partition coefficient (Wildman–Crippen LogP) is 4.24. The third-order valence-electron chi connectivity index (χ3n) is 4.72. The number of fused-ring (bicyclic) bond motifs is 1. The number of alkyl halides is 3. The lowest BCUT2D eigenvalue weighted by atomic mass is 9.97. The third-order valence-corrected chi connectivity index (χ3v) is 4.72. The number of nitrogen functional groups attached to an aromatic ring is 1. The number of nitrogens with two attached hydrogens (primary N) is 1. The maximum Gasteiger partial charge on any atom is 0.449 e. The van der Waals surface area contributed by atoms with Gasteiger partial charge in [-0.25, -0.2) is 4.98 Å². The maximum absolute atomic E-state index is 13.4. The van der Waals surface area contributed by atoms with Crippen molar-refractivity contribution in [2.24, 2.45) is 11.8 Å². The van der Waals surface area contributed by atoms with Gasteiger partial charge in [-0.15, -0.1) is 0 Å². The minimum Gasteiger partial charge on any atom is -0.399 e. The van der Waals surface area contributed by atoms with Crippen molar-refractivity contribution in [3.05, 3.63) is 24.0 Å². The van der Waals surface area contributed by atoms with E-state index in [9.17, 15) is 13.2 Å². The first kappa shape index (κ1) is 14.2. The number of anilines is 1. The van der Waals surface area contributed by atoms with Crippen LogP contribution in [-0.2, 0) is 6.18 Å². The largest absolute Gasteiger partial charge is 0.449 e. The molecule has 0 saturated heterocycles. The minimum absolute atomic E-state index is 0.162. The Bertz CT molecular complexity index is 675. The molecule has 1 fully saturated rings. The van der Waals surface area contributed by atoms with Crippen molar-refractivity contribution in [1.82, 2.24) is 9.55 Å². The summed E-state index contributed by atoms with van der Waals surface area (Å²) in [5.41, 5.74) is 6.92. The molecule has 2 N–H and O–H groups in total. The average molecular weight is 297 g/mol. The number of hydrogen-bond acceptors (Lipinski definition) is 2. The summed E-state index contributed by atoms with van der Waals surface area (Å²) in [6, 6.07) is 4.61. The van der Waals surface area contributed by atoms with Crippen molar-refractivity contribution in [2.45, 2.75) is 38.9 Å². The Morgan fingerprint density at radius 2 is 1.95 bits per heavy atom. The lowest BCUT2D eigenvalue weighted by Gasteiger charge is -2.23.